The molecular formula is C14H18N4O2. The van der Waals surface area contributed by atoms with Gasteiger partial charge < -0.3 is 9.80 Å². The number of aromatic nitrogens is 2. The largest absolute Gasteiger partial charge is 0.329 e. The zero-order chi connectivity index (χ0) is 14.1. The molecule has 3 rings (SSSR count). The molecule has 0 aliphatic carbocycles. The molecule has 0 bridgehead atoms. The zero-order valence-corrected chi connectivity index (χ0v) is 11.5. The van der Waals surface area contributed by atoms with Gasteiger partial charge in [-0.3, -0.25) is 9.59 Å². The minimum absolute atomic E-state index is 0.0439. The number of piperazine rings is 1. The molecule has 2 aliphatic rings. The van der Waals surface area contributed by atoms with E-state index in [1.165, 1.54) is 0 Å². The first-order valence-corrected chi connectivity index (χ1v) is 7.06. The van der Waals surface area contributed by atoms with Crippen LogP contribution in [-0.4, -0.2) is 50.4 Å². The van der Waals surface area contributed by atoms with Crippen LogP contribution in [0.25, 0.3) is 0 Å². The SMILES string of the molecule is CC1C(=O)N2CCCCC2C(=O)N1Cc1cccnn1. The molecule has 1 aromatic heterocycles. The van der Waals surface area contributed by atoms with Crippen LogP contribution < -0.4 is 0 Å². The summed E-state index contributed by atoms with van der Waals surface area (Å²) < 4.78 is 0. The van der Waals surface area contributed by atoms with Crippen LogP contribution in [0, 0.1) is 0 Å². The minimum atomic E-state index is -0.418. The lowest BCUT2D eigenvalue weighted by Crippen LogP contribution is -2.64. The molecule has 2 fully saturated rings. The number of fused-ring (bicyclic) bond motifs is 1. The van der Waals surface area contributed by atoms with Crippen molar-refractivity contribution >= 4 is 11.8 Å². The molecule has 2 saturated heterocycles. The van der Waals surface area contributed by atoms with Gasteiger partial charge in [-0.2, -0.15) is 10.2 Å². The fraction of sp³-hybridized carbons (Fsp3) is 0.571. The second kappa shape index (κ2) is 5.19. The molecule has 2 unspecified atom stereocenters. The number of amides is 2. The van der Waals surface area contributed by atoms with Crippen molar-refractivity contribution in [1.29, 1.82) is 0 Å². The third kappa shape index (κ3) is 2.15. The Hall–Kier alpha value is -1.98. The van der Waals surface area contributed by atoms with Crippen LogP contribution in [0.4, 0.5) is 0 Å². The Morgan fingerprint density at radius 2 is 2.15 bits per heavy atom. The number of hydrogen-bond donors (Lipinski definition) is 0. The summed E-state index contributed by atoms with van der Waals surface area (Å²) in [5, 5.41) is 7.82. The number of rotatable bonds is 2. The lowest BCUT2D eigenvalue weighted by atomic mass is 9.95. The van der Waals surface area contributed by atoms with Crippen molar-refractivity contribution in [2.75, 3.05) is 6.54 Å². The molecule has 0 spiro atoms. The molecule has 20 heavy (non-hydrogen) atoms. The van der Waals surface area contributed by atoms with Gasteiger partial charge in [-0.25, -0.2) is 0 Å². The van der Waals surface area contributed by atoms with Gasteiger partial charge in [0, 0.05) is 12.7 Å². The van der Waals surface area contributed by atoms with E-state index in [1.807, 2.05) is 6.07 Å². The molecule has 6 nitrogen and oxygen atoms in total. The van der Waals surface area contributed by atoms with Crippen LogP contribution in [0.3, 0.4) is 0 Å². The Morgan fingerprint density at radius 3 is 2.90 bits per heavy atom. The highest BCUT2D eigenvalue weighted by molar-refractivity contribution is 5.96. The Labute approximate surface area is 117 Å². The van der Waals surface area contributed by atoms with E-state index < -0.39 is 6.04 Å². The number of piperidine rings is 1. The van der Waals surface area contributed by atoms with Crippen LogP contribution in [-0.2, 0) is 16.1 Å². The monoisotopic (exact) mass is 274 g/mol. The third-order valence-corrected chi connectivity index (χ3v) is 4.14. The third-order valence-electron chi connectivity index (χ3n) is 4.14. The van der Waals surface area contributed by atoms with Crippen molar-refractivity contribution in [3.05, 3.63) is 24.0 Å². The van der Waals surface area contributed by atoms with E-state index in [0.29, 0.717) is 18.8 Å². The van der Waals surface area contributed by atoms with Gasteiger partial charge in [-0.05, 0) is 38.3 Å². The standard InChI is InChI=1S/C14H18N4O2/c1-10-13(19)17-8-3-2-6-12(17)14(20)18(10)9-11-5-4-7-15-16-11/h4-5,7,10,12H,2-3,6,8-9H2,1H3. The predicted octanol–water partition coefficient (Wildman–Crippen LogP) is 0.588. The number of carbonyl (C=O) groups is 2. The first kappa shape index (κ1) is 13.0. The molecule has 2 aliphatic heterocycles. The molecule has 0 N–H and O–H groups in total. The van der Waals surface area contributed by atoms with Crippen molar-refractivity contribution in [2.45, 2.75) is 44.8 Å². The highest BCUT2D eigenvalue weighted by atomic mass is 16.2. The van der Waals surface area contributed by atoms with Crippen LogP contribution in [0.1, 0.15) is 31.9 Å². The van der Waals surface area contributed by atoms with Gasteiger partial charge in [0.05, 0.1) is 12.2 Å². The lowest BCUT2D eigenvalue weighted by molar-refractivity contribution is -0.163. The fourth-order valence-corrected chi connectivity index (χ4v) is 3.01. The molecule has 3 heterocycles. The molecule has 1 aromatic rings. The fourth-order valence-electron chi connectivity index (χ4n) is 3.01. The molecule has 0 saturated carbocycles. The number of carbonyl (C=O) groups excluding carboxylic acids is 2. The maximum absolute atomic E-state index is 12.6. The van der Waals surface area contributed by atoms with Crippen LogP contribution >= 0.6 is 0 Å². The maximum atomic E-state index is 12.6. The molecular weight excluding hydrogens is 256 g/mol. The van der Waals surface area contributed by atoms with E-state index in [1.54, 1.807) is 29.0 Å². The van der Waals surface area contributed by atoms with Crippen LogP contribution in [0.2, 0.25) is 0 Å². The van der Waals surface area contributed by atoms with Crippen LogP contribution in [0.15, 0.2) is 18.3 Å². The molecule has 0 radical (unpaired) electrons. The van der Waals surface area contributed by atoms with Gasteiger partial charge >= 0.3 is 0 Å². The van der Waals surface area contributed by atoms with Crippen molar-refractivity contribution < 1.29 is 9.59 Å². The first-order chi connectivity index (χ1) is 9.68. The molecule has 2 atom stereocenters. The summed E-state index contributed by atoms with van der Waals surface area (Å²) in [6.45, 7) is 2.85. The summed E-state index contributed by atoms with van der Waals surface area (Å²) in [6.07, 6.45) is 4.37. The molecule has 106 valence electrons. The average Bonchev–Trinajstić information content (AvgIpc) is 2.50. The van der Waals surface area contributed by atoms with Crippen molar-refractivity contribution in [1.82, 2.24) is 20.0 Å². The summed E-state index contributed by atoms with van der Waals surface area (Å²) in [5.74, 6) is 0.0978. The van der Waals surface area contributed by atoms with Gasteiger partial charge in [0.1, 0.15) is 12.1 Å². The summed E-state index contributed by atoms with van der Waals surface area (Å²) in [4.78, 5) is 28.4. The number of nitrogens with zero attached hydrogens (tertiary/aromatic N) is 4. The normalized spacial score (nSPS) is 26.6. The Bertz CT molecular complexity index is 519. The Kier molecular flexibility index (Phi) is 3.38. The number of hydrogen-bond acceptors (Lipinski definition) is 4. The minimum Gasteiger partial charge on any atom is -0.329 e. The average molecular weight is 274 g/mol. The topological polar surface area (TPSA) is 66.4 Å². The first-order valence-electron chi connectivity index (χ1n) is 7.06. The van der Waals surface area contributed by atoms with Gasteiger partial charge in [-0.15, -0.1) is 0 Å². The van der Waals surface area contributed by atoms with Crippen molar-refractivity contribution in [3.8, 4) is 0 Å². The van der Waals surface area contributed by atoms with Crippen molar-refractivity contribution in [2.24, 2.45) is 0 Å². The Balaban J connectivity index is 1.83. The van der Waals surface area contributed by atoms with E-state index in [0.717, 1.165) is 19.3 Å². The van der Waals surface area contributed by atoms with Crippen LogP contribution in [0.5, 0.6) is 0 Å². The van der Waals surface area contributed by atoms with Gasteiger partial charge in [0.2, 0.25) is 11.8 Å². The highest BCUT2D eigenvalue weighted by Gasteiger charge is 2.44. The zero-order valence-electron chi connectivity index (χ0n) is 11.5. The van der Waals surface area contributed by atoms with E-state index in [9.17, 15) is 9.59 Å². The quantitative estimate of drug-likeness (QED) is 0.791. The highest BCUT2D eigenvalue weighted by Crippen LogP contribution is 2.26. The van der Waals surface area contributed by atoms with Crippen molar-refractivity contribution in [3.63, 3.8) is 0 Å². The summed E-state index contributed by atoms with van der Waals surface area (Å²) in [7, 11) is 0. The lowest BCUT2D eigenvalue weighted by Gasteiger charge is -2.45. The van der Waals surface area contributed by atoms with E-state index in [2.05, 4.69) is 10.2 Å². The second-order valence-corrected chi connectivity index (χ2v) is 5.40. The predicted molar refractivity (Wildman–Crippen MR) is 71.4 cm³/mol. The molecule has 0 aromatic carbocycles. The summed E-state index contributed by atoms with van der Waals surface area (Å²) in [6, 6.07) is 2.92. The summed E-state index contributed by atoms with van der Waals surface area (Å²) in [5.41, 5.74) is 0.713. The second-order valence-electron chi connectivity index (χ2n) is 5.40. The van der Waals surface area contributed by atoms with E-state index >= 15 is 0 Å². The van der Waals surface area contributed by atoms with Gasteiger partial charge in [0.15, 0.2) is 0 Å². The maximum Gasteiger partial charge on any atom is 0.246 e. The summed E-state index contributed by atoms with van der Waals surface area (Å²) >= 11 is 0. The van der Waals surface area contributed by atoms with Gasteiger partial charge in [0.25, 0.3) is 0 Å². The molecule has 2 amide bonds. The van der Waals surface area contributed by atoms with E-state index in [4.69, 9.17) is 0 Å². The Morgan fingerprint density at radius 1 is 1.30 bits per heavy atom. The smallest absolute Gasteiger partial charge is 0.246 e. The van der Waals surface area contributed by atoms with Gasteiger partial charge in [-0.1, -0.05) is 0 Å². The molecule has 6 heteroatoms. The van der Waals surface area contributed by atoms with E-state index in [-0.39, 0.29) is 17.9 Å².